The average Bonchev–Trinajstić information content (AvgIpc) is 2.91. The first-order chi connectivity index (χ1) is 8.81. The van der Waals surface area contributed by atoms with Crippen molar-refractivity contribution in [3.63, 3.8) is 0 Å². The normalized spacial score (nSPS) is 10.1. The van der Waals surface area contributed by atoms with Crippen molar-refractivity contribution < 1.29 is 9.53 Å². The Labute approximate surface area is 110 Å². The van der Waals surface area contributed by atoms with Crippen LogP contribution in [0.1, 0.15) is 15.9 Å². The molecule has 0 saturated heterocycles. The van der Waals surface area contributed by atoms with Gasteiger partial charge in [-0.2, -0.15) is 11.3 Å². The van der Waals surface area contributed by atoms with Gasteiger partial charge >= 0.3 is 0 Å². The molecule has 0 unspecified atom stereocenters. The van der Waals surface area contributed by atoms with Gasteiger partial charge in [0, 0.05) is 6.54 Å². The average molecular weight is 261 g/mol. The number of ether oxygens (including phenoxy) is 1. The number of amides is 1. The largest absolute Gasteiger partial charge is 0.496 e. The van der Waals surface area contributed by atoms with E-state index in [0.29, 0.717) is 17.9 Å². The Bertz CT molecular complexity index is 508. The highest BCUT2D eigenvalue weighted by Gasteiger charge is 2.10. The summed E-state index contributed by atoms with van der Waals surface area (Å²) in [7, 11) is 1.57. The van der Waals surface area contributed by atoms with Crippen LogP contribution in [0.2, 0.25) is 0 Å². The van der Waals surface area contributed by atoms with E-state index in [1.54, 1.807) is 30.6 Å². The third-order valence-corrected chi connectivity index (χ3v) is 3.36. The third kappa shape index (κ3) is 3.11. The van der Waals surface area contributed by atoms with Gasteiger partial charge in [-0.1, -0.05) is 12.1 Å². The lowest BCUT2D eigenvalue weighted by molar-refractivity contribution is 0.0951. The maximum atomic E-state index is 12.0. The molecule has 1 amide bonds. The SMILES string of the molecule is COc1ccccc1C(=O)NCCc1ccsc1. The standard InChI is InChI=1S/C14H15NO2S/c1-17-13-5-3-2-4-12(13)14(16)15-8-6-11-7-9-18-10-11/h2-5,7,9-10H,6,8H2,1H3,(H,15,16). The predicted molar refractivity (Wildman–Crippen MR) is 73.4 cm³/mol. The number of benzene rings is 1. The number of thiophene rings is 1. The zero-order valence-electron chi connectivity index (χ0n) is 10.2. The minimum Gasteiger partial charge on any atom is -0.496 e. The minimum absolute atomic E-state index is 0.0947. The number of methoxy groups -OCH3 is 1. The highest BCUT2D eigenvalue weighted by Crippen LogP contribution is 2.16. The number of nitrogens with one attached hydrogen (secondary N) is 1. The van der Waals surface area contributed by atoms with E-state index in [4.69, 9.17) is 4.74 Å². The number of hydrogen-bond donors (Lipinski definition) is 1. The van der Waals surface area contributed by atoms with Crippen molar-refractivity contribution in [2.75, 3.05) is 13.7 Å². The molecule has 94 valence electrons. The molecule has 1 aromatic heterocycles. The minimum atomic E-state index is -0.0947. The lowest BCUT2D eigenvalue weighted by atomic mass is 10.2. The Morgan fingerprint density at radius 2 is 2.17 bits per heavy atom. The zero-order valence-corrected chi connectivity index (χ0v) is 11.0. The van der Waals surface area contributed by atoms with Gasteiger partial charge in [-0.25, -0.2) is 0 Å². The van der Waals surface area contributed by atoms with Gasteiger partial charge in [0.25, 0.3) is 5.91 Å². The Kier molecular flexibility index (Phi) is 4.36. The van der Waals surface area contributed by atoms with E-state index >= 15 is 0 Å². The van der Waals surface area contributed by atoms with Crippen LogP contribution in [-0.4, -0.2) is 19.6 Å². The Morgan fingerprint density at radius 1 is 1.33 bits per heavy atom. The van der Waals surface area contributed by atoms with Crippen molar-refractivity contribution in [3.05, 3.63) is 52.2 Å². The molecular weight excluding hydrogens is 246 g/mol. The fourth-order valence-electron chi connectivity index (χ4n) is 1.68. The van der Waals surface area contributed by atoms with E-state index < -0.39 is 0 Å². The summed E-state index contributed by atoms with van der Waals surface area (Å²) in [6, 6.07) is 9.30. The van der Waals surface area contributed by atoms with Gasteiger partial charge in [0.2, 0.25) is 0 Å². The van der Waals surface area contributed by atoms with Crippen molar-refractivity contribution in [2.45, 2.75) is 6.42 Å². The molecule has 0 radical (unpaired) electrons. The van der Waals surface area contributed by atoms with Crippen molar-refractivity contribution in [3.8, 4) is 5.75 Å². The summed E-state index contributed by atoms with van der Waals surface area (Å²) in [5.74, 6) is 0.508. The lowest BCUT2D eigenvalue weighted by Crippen LogP contribution is -2.26. The summed E-state index contributed by atoms with van der Waals surface area (Å²) in [6.07, 6.45) is 0.852. The van der Waals surface area contributed by atoms with E-state index in [1.165, 1.54) is 5.56 Å². The van der Waals surface area contributed by atoms with Crippen LogP contribution in [0.15, 0.2) is 41.1 Å². The highest BCUT2D eigenvalue weighted by atomic mass is 32.1. The van der Waals surface area contributed by atoms with Gasteiger partial charge in [-0.05, 0) is 40.9 Å². The fraction of sp³-hybridized carbons (Fsp3) is 0.214. The molecule has 0 fully saturated rings. The molecule has 0 aliphatic carbocycles. The molecule has 0 atom stereocenters. The molecule has 0 aliphatic rings. The summed E-state index contributed by atoms with van der Waals surface area (Å²) < 4.78 is 5.16. The van der Waals surface area contributed by atoms with E-state index in [1.807, 2.05) is 17.5 Å². The molecule has 3 nitrogen and oxygen atoms in total. The first-order valence-electron chi connectivity index (χ1n) is 5.73. The van der Waals surface area contributed by atoms with Gasteiger partial charge in [0.05, 0.1) is 12.7 Å². The number of carbonyl (C=O) groups is 1. The van der Waals surface area contributed by atoms with Crippen LogP contribution >= 0.6 is 11.3 Å². The van der Waals surface area contributed by atoms with E-state index in [-0.39, 0.29) is 5.91 Å². The molecule has 1 aromatic carbocycles. The van der Waals surface area contributed by atoms with Crippen LogP contribution in [0.3, 0.4) is 0 Å². The number of para-hydroxylation sites is 1. The molecular formula is C14H15NO2S. The molecule has 18 heavy (non-hydrogen) atoms. The molecule has 1 heterocycles. The van der Waals surface area contributed by atoms with Crippen molar-refractivity contribution >= 4 is 17.2 Å². The van der Waals surface area contributed by atoms with Crippen LogP contribution in [-0.2, 0) is 6.42 Å². The van der Waals surface area contributed by atoms with Crippen molar-refractivity contribution in [1.29, 1.82) is 0 Å². The van der Waals surface area contributed by atoms with E-state index in [9.17, 15) is 4.79 Å². The number of hydrogen-bond acceptors (Lipinski definition) is 3. The molecule has 0 bridgehead atoms. The molecule has 4 heteroatoms. The topological polar surface area (TPSA) is 38.3 Å². The molecule has 0 spiro atoms. The van der Waals surface area contributed by atoms with Gasteiger partial charge in [0.1, 0.15) is 5.75 Å². The van der Waals surface area contributed by atoms with Crippen LogP contribution in [0, 0.1) is 0 Å². The summed E-state index contributed by atoms with van der Waals surface area (Å²) in [5.41, 5.74) is 1.82. The van der Waals surface area contributed by atoms with Gasteiger partial charge in [-0.3, -0.25) is 4.79 Å². The van der Waals surface area contributed by atoms with Crippen LogP contribution in [0.25, 0.3) is 0 Å². The molecule has 1 N–H and O–H groups in total. The summed E-state index contributed by atoms with van der Waals surface area (Å²) in [6.45, 7) is 0.633. The molecule has 2 aromatic rings. The van der Waals surface area contributed by atoms with Crippen LogP contribution in [0.5, 0.6) is 5.75 Å². The van der Waals surface area contributed by atoms with Crippen LogP contribution in [0.4, 0.5) is 0 Å². The van der Waals surface area contributed by atoms with Gasteiger partial charge in [0.15, 0.2) is 0 Å². The van der Waals surface area contributed by atoms with Crippen molar-refractivity contribution in [1.82, 2.24) is 5.32 Å². The Morgan fingerprint density at radius 3 is 2.89 bits per heavy atom. The number of carbonyl (C=O) groups excluding carboxylic acids is 1. The second-order valence-corrected chi connectivity index (χ2v) is 4.62. The maximum absolute atomic E-state index is 12.0. The van der Waals surface area contributed by atoms with Crippen LogP contribution < -0.4 is 10.1 Å². The number of rotatable bonds is 5. The third-order valence-electron chi connectivity index (χ3n) is 2.63. The molecule has 0 aliphatic heterocycles. The second-order valence-electron chi connectivity index (χ2n) is 3.84. The maximum Gasteiger partial charge on any atom is 0.255 e. The molecule has 2 rings (SSSR count). The highest BCUT2D eigenvalue weighted by molar-refractivity contribution is 7.07. The monoisotopic (exact) mass is 261 g/mol. The fourth-order valence-corrected chi connectivity index (χ4v) is 2.39. The molecule has 0 saturated carbocycles. The Hall–Kier alpha value is -1.81. The Balaban J connectivity index is 1.91. The zero-order chi connectivity index (χ0) is 12.8. The first-order valence-corrected chi connectivity index (χ1v) is 6.68. The summed E-state index contributed by atoms with van der Waals surface area (Å²) in [5, 5.41) is 7.03. The van der Waals surface area contributed by atoms with Gasteiger partial charge in [-0.15, -0.1) is 0 Å². The van der Waals surface area contributed by atoms with Gasteiger partial charge < -0.3 is 10.1 Å². The predicted octanol–water partition coefficient (Wildman–Crippen LogP) is 2.73. The van der Waals surface area contributed by atoms with E-state index in [0.717, 1.165) is 6.42 Å². The van der Waals surface area contributed by atoms with Crippen molar-refractivity contribution in [2.24, 2.45) is 0 Å². The first kappa shape index (κ1) is 12.6. The second kappa shape index (κ2) is 6.21. The lowest BCUT2D eigenvalue weighted by Gasteiger charge is -2.08. The summed E-state index contributed by atoms with van der Waals surface area (Å²) in [4.78, 5) is 12.0. The smallest absolute Gasteiger partial charge is 0.255 e. The van der Waals surface area contributed by atoms with E-state index in [2.05, 4.69) is 16.8 Å². The summed E-state index contributed by atoms with van der Waals surface area (Å²) >= 11 is 1.67. The quantitative estimate of drug-likeness (QED) is 0.898.